The van der Waals surface area contributed by atoms with E-state index in [-0.39, 0.29) is 0 Å². The summed E-state index contributed by atoms with van der Waals surface area (Å²) >= 11 is 0. The van der Waals surface area contributed by atoms with Gasteiger partial charge in [-0.2, -0.15) is 0 Å². The zero-order chi connectivity index (χ0) is 14.4. The molecule has 3 aliphatic rings. The summed E-state index contributed by atoms with van der Waals surface area (Å²) in [5.41, 5.74) is 1.10. The van der Waals surface area contributed by atoms with E-state index in [1.54, 1.807) is 0 Å². The largest absolute Gasteiger partial charge is 0.313 e. The SMILES string of the molecule is CN1CCC(CCNC2C(C)(C)[C@H]3CC[C@]2(C)C3)CC1. The second-order valence-electron chi connectivity index (χ2n) is 8.84. The lowest BCUT2D eigenvalue weighted by atomic mass is 9.68. The van der Waals surface area contributed by atoms with Crippen molar-refractivity contribution in [1.29, 1.82) is 0 Å². The van der Waals surface area contributed by atoms with Crippen LogP contribution < -0.4 is 5.32 Å². The predicted octanol–water partition coefficient (Wildman–Crippen LogP) is 3.52. The molecule has 0 aromatic carbocycles. The molecule has 2 bridgehead atoms. The second kappa shape index (κ2) is 5.28. The third-order valence-electron chi connectivity index (χ3n) is 7.01. The van der Waals surface area contributed by atoms with E-state index < -0.39 is 0 Å². The van der Waals surface area contributed by atoms with Crippen molar-refractivity contribution in [3.05, 3.63) is 0 Å². The van der Waals surface area contributed by atoms with E-state index in [0.29, 0.717) is 10.8 Å². The van der Waals surface area contributed by atoms with Gasteiger partial charge in [0.1, 0.15) is 0 Å². The van der Waals surface area contributed by atoms with Crippen LogP contribution in [0.15, 0.2) is 0 Å². The molecule has 3 fully saturated rings. The number of likely N-dealkylation sites (tertiary alicyclic amines) is 1. The van der Waals surface area contributed by atoms with Crippen molar-refractivity contribution in [1.82, 2.24) is 10.2 Å². The molecule has 1 unspecified atom stereocenters. The average Bonchev–Trinajstić information content (AvgIpc) is 2.87. The van der Waals surface area contributed by atoms with E-state index in [0.717, 1.165) is 17.9 Å². The van der Waals surface area contributed by atoms with Crippen molar-refractivity contribution in [3.63, 3.8) is 0 Å². The molecule has 1 heterocycles. The van der Waals surface area contributed by atoms with E-state index in [1.165, 1.54) is 58.2 Å². The first-order valence-electron chi connectivity index (χ1n) is 8.84. The first-order chi connectivity index (χ1) is 9.42. The normalized spacial score (nSPS) is 41.4. The summed E-state index contributed by atoms with van der Waals surface area (Å²) in [5.74, 6) is 1.93. The maximum absolute atomic E-state index is 3.99. The molecular weight excluding hydrogens is 244 g/mol. The summed E-state index contributed by atoms with van der Waals surface area (Å²) in [6.07, 6.45) is 8.59. The molecule has 2 heteroatoms. The fraction of sp³-hybridized carbons (Fsp3) is 1.00. The van der Waals surface area contributed by atoms with Gasteiger partial charge < -0.3 is 10.2 Å². The molecule has 1 N–H and O–H groups in total. The van der Waals surface area contributed by atoms with Crippen LogP contribution in [0.1, 0.15) is 59.3 Å². The van der Waals surface area contributed by atoms with Crippen molar-refractivity contribution in [3.8, 4) is 0 Å². The molecule has 116 valence electrons. The van der Waals surface area contributed by atoms with Crippen LogP contribution >= 0.6 is 0 Å². The minimum Gasteiger partial charge on any atom is -0.313 e. The lowest BCUT2D eigenvalue weighted by molar-refractivity contribution is 0.106. The Morgan fingerprint density at radius 3 is 2.40 bits per heavy atom. The number of fused-ring (bicyclic) bond motifs is 2. The lowest BCUT2D eigenvalue weighted by Gasteiger charge is -2.43. The summed E-state index contributed by atoms with van der Waals surface area (Å²) in [6, 6.07) is 0.750. The van der Waals surface area contributed by atoms with Gasteiger partial charge >= 0.3 is 0 Å². The van der Waals surface area contributed by atoms with E-state index in [4.69, 9.17) is 0 Å². The van der Waals surface area contributed by atoms with Gasteiger partial charge in [-0.3, -0.25) is 0 Å². The third kappa shape index (κ3) is 2.54. The Morgan fingerprint density at radius 1 is 1.10 bits per heavy atom. The fourth-order valence-corrected chi connectivity index (χ4v) is 5.59. The van der Waals surface area contributed by atoms with Gasteiger partial charge in [0.05, 0.1) is 0 Å². The highest BCUT2D eigenvalue weighted by Crippen LogP contribution is 2.62. The van der Waals surface area contributed by atoms with Crippen LogP contribution in [0.5, 0.6) is 0 Å². The monoisotopic (exact) mass is 278 g/mol. The van der Waals surface area contributed by atoms with Gasteiger partial charge in [-0.15, -0.1) is 0 Å². The van der Waals surface area contributed by atoms with Gasteiger partial charge in [0.2, 0.25) is 0 Å². The third-order valence-corrected chi connectivity index (χ3v) is 7.01. The quantitative estimate of drug-likeness (QED) is 0.846. The summed E-state index contributed by atoms with van der Waals surface area (Å²) in [6.45, 7) is 11.4. The summed E-state index contributed by atoms with van der Waals surface area (Å²) in [7, 11) is 2.26. The van der Waals surface area contributed by atoms with E-state index in [1.807, 2.05) is 0 Å². The molecule has 3 atom stereocenters. The highest BCUT2D eigenvalue weighted by molar-refractivity contribution is 5.11. The molecule has 0 aromatic heterocycles. The van der Waals surface area contributed by atoms with Crippen molar-refractivity contribution in [2.75, 3.05) is 26.7 Å². The number of piperidine rings is 1. The maximum Gasteiger partial charge on any atom is 0.0175 e. The minimum atomic E-state index is 0.514. The number of nitrogens with one attached hydrogen (secondary N) is 1. The molecule has 3 rings (SSSR count). The Labute approximate surface area is 125 Å². The minimum absolute atomic E-state index is 0.514. The van der Waals surface area contributed by atoms with Crippen LogP contribution in [0.25, 0.3) is 0 Å². The Hall–Kier alpha value is -0.0800. The highest BCUT2D eigenvalue weighted by Gasteiger charge is 2.58. The van der Waals surface area contributed by atoms with Crippen LogP contribution in [0.4, 0.5) is 0 Å². The molecule has 0 aromatic rings. The first kappa shape index (κ1) is 14.8. The zero-order valence-corrected chi connectivity index (χ0v) is 14.0. The predicted molar refractivity (Wildman–Crippen MR) is 85.9 cm³/mol. The average molecular weight is 278 g/mol. The van der Waals surface area contributed by atoms with E-state index >= 15 is 0 Å². The topological polar surface area (TPSA) is 15.3 Å². The Morgan fingerprint density at radius 2 is 1.80 bits per heavy atom. The Balaban J connectivity index is 1.49. The maximum atomic E-state index is 3.99. The van der Waals surface area contributed by atoms with Crippen molar-refractivity contribution in [2.45, 2.75) is 65.3 Å². The summed E-state index contributed by atoms with van der Waals surface area (Å²) in [5, 5.41) is 3.99. The zero-order valence-electron chi connectivity index (χ0n) is 14.0. The number of hydrogen-bond donors (Lipinski definition) is 1. The molecular formula is C18H34N2. The molecule has 2 nitrogen and oxygen atoms in total. The molecule has 0 amide bonds. The molecule has 0 spiro atoms. The van der Waals surface area contributed by atoms with Crippen LogP contribution in [-0.4, -0.2) is 37.6 Å². The van der Waals surface area contributed by atoms with Crippen LogP contribution in [0.3, 0.4) is 0 Å². The van der Waals surface area contributed by atoms with Gasteiger partial charge in [0, 0.05) is 6.04 Å². The van der Waals surface area contributed by atoms with Crippen LogP contribution in [0, 0.1) is 22.7 Å². The molecule has 2 saturated carbocycles. The standard InChI is InChI=1S/C18H34N2/c1-17(2)15-5-9-18(3,13-15)16(17)19-10-6-14-7-11-20(4)12-8-14/h14-16,19H,5-13H2,1-4H3/t15-,16?,18+/m0/s1. The molecule has 1 aliphatic heterocycles. The Bertz CT molecular complexity index is 339. The lowest BCUT2D eigenvalue weighted by Crippen LogP contribution is -2.50. The van der Waals surface area contributed by atoms with Gasteiger partial charge in [0.15, 0.2) is 0 Å². The van der Waals surface area contributed by atoms with Crippen molar-refractivity contribution in [2.24, 2.45) is 22.7 Å². The Kier molecular flexibility index (Phi) is 3.92. The number of hydrogen-bond acceptors (Lipinski definition) is 2. The fourth-order valence-electron chi connectivity index (χ4n) is 5.59. The first-order valence-corrected chi connectivity index (χ1v) is 8.84. The number of rotatable bonds is 4. The van der Waals surface area contributed by atoms with Gasteiger partial charge in [0.25, 0.3) is 0 Å². The van der Waals surface area contributed by atoms with Crippen molar-refractivity contribution < 1.29 is 0 Å². The van der Waals surface area contributed by atoms with Crippen molar-refractivity contribution >= 4 is 0 Å². The smallest absolute Gasteiger partial charge is 0.0175 e. The summed E-state index contributed by atoms with van der Waals surface area (Å²) in [4.78, 5) is 2.48. The van der Waals surface area contributed by atoms with Crippen LogP contribution in [-0.2, 0) is 0 Å². The van der Waals surface area contributed by atoms with Gasteiger partial charge in [-0.25, -0.2) is 0 Å². The molecule has 20 heavy (non-hydrogen) atoms. The molecule has 0 radical (unpaired) electrons. The molecule has 2 aliphatic carbocycles. The molecule has 1 saturated heterocycles. The highest BCUT2D eigenvalue weighted by atomic mass is 15.1. The van der Waals surface area contributed by atoms with E-state index in [2.05, 4.69) is 38.0 Å². The summed E-state index contributed by atoms with van der Waals surface area (Å²) < 4.78 is 0. The second-order valence-corrected chi connectivity index (χ2v) is 8.84. The van der Waals surface area contributed by atoms with Gasteiger partial charge in [-0.1, -0.05) is 20.8 Å². The van der Waals surface area contributed by atoms with E-state index in [9.17, 15) is 0 Å². The van der Waals surface area contributed by atoms with Gasteiger partial charge in [-0.05, 0) is 87.9 Å². The van der Waals surface area contributed by atoms with Crippen LogP contribution in [0.2, 0.25) is 0 Å². The number of nitrogens with zero attached hydrogens (tertiary/aromatic N) is 1.